The number of methoxy groups -OCH3 is 1. The van der Waals surface area contributed by atoms with Crippen molar-refractivity contribution in [1.82, 2.24) is 9.55 Å². The number of hydrogen-bond acceptors (Lipinski definition) is 3. The van der Waals surface area contributed by atoms with Crippen LogP contribution in [0, 0.1) is 5.82 Å². The van der Waals surface area contributed by atoms with Crippen molar-refractivity contribution in [2.75, 3.05) is 12.9 Å². The zero-order valence-corrected chi connectivity index (χ0v) is 13.5. The summed E-state index contributed by atoms with van der Waals surface area (Å²) in [6, 6.07) is 3.15. The smallest absolute Gasteiger partial charge is 0.167 e. The fourth-order valence-corrected chi connectivity index (χ4v) is 4.29. The van der Waals surface area contributed by atoms with E-state index >= 15 is 0 Å². The van der Waals surface area contributed by atoms with Gasteiger partial charge in [-0.05, 0) is 18.6 Å². The molecule has 1 aliphatic heterocycles. The Hall–Kier alpha value is -0.940. The average Bonchev–Trinajstić information content (AvgIpc) is 2.84. The molecule has 1 atom stereocenters. The van der Waals surface area contributed by atoms with E-state index in [9.17, 15) is 4.39 Å². The number of hydrogen-bond donors (Lipinski definition) is 0. The molecule has 0 N–H and O–H groups in total. The van der Waals surface area contributed by atoms with Gasteiger partial charge in [-0.15, -0.1) is 11.6 Å². The Labute approximate surface area is 132 Å². The van der Waals surface area contributed by atoms with Crippen LogP contribution in [0.2, 0.25) is 0 Å². The van der Waals surface area contributed by atoms with Gasteiger partial charge >= 0.3 is 0 Å². The lowest BCUT2D eigenvalue weighted by molar-refractivity contribution is 0.387. The van der Waals surface area contributed by atoms with Gasteiger partial charge in [-0.1, -0.05) is 6.42 Å². The summed E-state index contributed by atoms with van der Waals surface area (Å²) in [6.45, 7) is 0.873. The van der Waals surface area contributed by atoms with E-state index in [2.05, 4.69) is 9.55 Å². The van der Waals surface area contributed by atoms with Crippen molar-refractivity contribution in [3.63, 3.8) is 0 Å². The van der Waals surface area contributed by atoms with Gasteiger partial charge in [0.25, 0.3) is 0 Å². The van der Waals surface area contributed by atoms with Crippen molar-refractivity contribution >= 4 is 34.4 Å². The van der Waals surface area contributed by atoms with E-state index in [0.717, 1.165) is 17.9 Å². The third kappa shape index (κ3) is 2.99. The highest BCUT2D eigenvalue weighted by atomic mass is 35.5. The summed E-state index contributed by atoms with van der Waals surface area (Å²) >= 11 is 8.02. The van der Waals surface area contributed by atoms with Crippen LogP contribution in [0.4, 0.5) is 4.39 Å². The zero-order chi connectivity index (χ0) is 14.8. The molecule has 6 heteroatoms. The topological polar surface area (TPSA) is 27.1 Å². The van der Waals surface area contributed by atoms with Crippen molar-refractivity contribution in [1.29, 1.82) is 0 Å². The van der Waals surface area contributed by atoms with E-state index in [1.165, 1.54) is 38.2 Å². The molecule has 0 amide bonds. The van der Waals surface area contributed by atoms with E-state index in [0.29, 0.717) is 16.6 Å². The van der Waals surface area contributed by atoms with Crippen LogP contribution in [0.25, 0.3) is 11.0 Å². The fourth-order valence-electron chi connectivity index (χ4n) is 2.79. The molecule has 1 aromatic carbocycles. The average molecular weight is 329 g/mol. The highest BCUT2D eigenvalue weighted by molar-refractivity contribution is 7.99. The molecule has 1 aliphatic rings. The quantitative estimate of drug-likeness (QED) is 0.787. The highest BCUT2D eigenvalue weighted by Crippen LogP contribution is 2.30. The van der Waals surface area contributed by atoms with Gasteiger partial charge < -0.3 is 9.30 Å². The maximum atomic E-state index is 13.8. The molecule has 0 saturated carbocycles. The van der Waals surface area contributed by atoms with Gasteiger partial charge in [-0.3, -0.25) is 0 Å². The molecule has 0 spiro atoms. The molecule has 0 aliphatic carbocycles. The Morgan fingerprint density at radius 2 is 2.33 bits per heavy atom. The molecular weight excluding hydrogens is 311 g/mol. The molecule has 3 rings (SSSR count). The number of fused-ring (bicyclic) bond motifs is 1. The summed E-state index contributed by atoms with van der Waals surface area (Å²) in [5, 5.41) is 0.578. The van der Waals surface area contributed by atoms with Gasteiger partial charge in [-0.2, -0.15) is 11.8 Å². The number of benzene rings is 1. The summed E-state index contributed by atoms with van der Waals surface area (Å²) in [6.07, 6.45) is 3.79. The first kappa shape index (κ1) is 15.0. The number of rotatable bonds is 4. The van der Waals surface area contributed by atoms with Crippen LogP contribution in [0.5, 0.6) is 5.75 Å². The van der Waals surface area contributed by atoms with Crippen LogP contribution in [-0.4, -0.2) is 27.7 Å². The summed E-state index contributed by atoms with van der Waals surface area (Å²) < 4.78 is 21.0. The number of ether oxygens (including phenoxy) is 1. The highest BCUT2D eigenvalue weighted by Gasteiger charge is 2.19. The van der Waals surface area contributed by atoms with Crippen LogP contribution in [0.15, 0.2) is 12.1 Å². The van der Waals surface area contributed by atoms with Crippen molar-refractivity contribution in [2.45, 2.75) is 36.9 Å². The summed E-state index contributed by atoms with van der Waals surface area (Å²) in [5.41, 5.74) is 1.54. The molecule has 0 bridgehead atoms. The van der Waals surface area contributed by atoms with Gasteiger partial charge in [0.15, 0.2) is 11.6 Å². The molecule has 1 saturated heterocycles. The van der Waals surface area contributed by atoms with Gasteiger partial charge in [0.05, 0.1) is 24.0 Å². The fraction of sp³-hybridized carbons (Fsp3) is 0.533. The van der Waals surface area contributed by atoms with Crippen LogP contribution in [0.3, 0.4) is 0 Å². The minimum absolute atomic E-state index is 0.251. The third-order valence-corrected chi connectivity index (χ3v) is 5.50. The molecule has 1 fully saturated rings. The Bertz CT molecular complexity index is 640. The van der Waals surface area contributed by atoms with Crippen LogP contribution in [0.1, 0.15) is 25.1 Å². The Balaban J connectivity index is 2.01. The second kappa shape index (κ2) is 6.44. The molecule has 3 nitrogen and oxygen atoms in total. The maximum absolute atomic E-state index is 13.8. The van der Waals surface area contributed by atoms with Gasteiger partial charge in [0.1, 0.15) is 5.82 Å². The Kier molecular flexibility index (Phi) is 4.60. The number of halogens is 2. The van der Waals surface area contributed by atoms with E-state index < -0.39 is 0 Å². The molecule has 1 aromatic heterocycles. The van der Waals surface area contributed by atoms with Gasteiger partial charge in [0.2, 0.25) is 0 Å². The first-order valence-corrected chi connectivity index (χ1v) is 8.71. The van der Waals surface area contributed by atoms with E-state index in [1.54, 1.807) is 6.07 Å². The van der Waals surface area contributed by atoms with Gasteiger partial charge in [-0.25, -0.2) is 9.37 Å². The standard InChI is InChI=1S/C15H18ClFN2OS/c1-20-14-7-13-12(6-11(14)17)18-15(8-16)19(13)9-10-4-2-3-5-21-10/h6-7,10H,2-5,8-9H2,1H3. The second-order valence-electron chi connectivity index (χ2n) is 5.24. The molecule has 2 aromatic rings. The lowest BCUT2D eigenvalue weighted by Crippen LogP contribution is -2.18. The molecule has 114 valence electrons. The first-order chi connectivity index (χ1) is 10.2. The molecule has 1 unspecified atom stereocenters. The number of imidazole rings is 1. The number of thioether (sulfide) groups is 1. The number of aromatic nitrogens is 2. The molecule has 2 heterocycles. The molecular formula is C15H18ClFN2OS. The number of nitrogens with zero attached hydrogens (tertiary/aromatic N) is 2. The van der Waals surface area contributed by atoms with E-state index in [4.69, 9.17) is 16.3 Å². The summed E-state index contributed by atoms with van der Waals surface area (Å²) in [5.74, 6) is 2.20. The van der Waals surface area contributed by atoms with Crippen molar-refractivity contribution in [3.05, 3.63) is 23.8 Å². The summed E-state index contributed by atoms with van der Waals surface area (Å²) in [4.78, 5) is 4.46. The molecule has 21 heavy (non-hydrogen) atoms. The zero-order valence-electron chi connectivity index (χ0n) is 11.9. The second-order valence-corrected chi connectivity index (χ2v) is 6.91. The van der Waals surface area contributed by atoms with Gasteiger partial charge in [0, 0.05) is 23.9 Å². The maximum Gasteiger partial charge on any atom is 0.167 e. The predicted octanol–water partition coefficient (Wildman–Crippen LogP) is 4.21. The largest absolute Gasteiger partial charge is 0.494 e. The number of alkyl halides is 1. The summed E-state index contributed by atoms with van der Waals surface area (Å²) in [7, 11) is 1.48. The predicted molar refractivity (Wildman–Crippen MR) is 85.9 cm³/mol. The normalized spacial score (nSPS) is 19.1. The van der Waals surface area contributed by atoms with Crippen LogP contribution < -0.4 is 4.74 Å². The first-order valence-electron chi connectivity index (χ1n) is 7.13. The Morgan fingerprint density at radius 3 is 3.00 bits per heavy atom. The van der Waals surface area contributed by atoms with Crippen LogP contribution in [-0.2, 0) is 12.4 Å². The van der Waals surface area contributed by atoms with Crippen molar-refractivity contribution in [3.8, 4) is 5.75 Å². The third-order valence-electron chi connectivity index (χ3n) is 3.88. The lowest BCUT2D eigenvalue weighted by atomic mass is 10.2. The van der Waals surface area contributed by atoms with Crippen molar-refractivity contribution in [2.24, 2.45) is 0 Å². The van der Waals surface area contributed by atoms with Crippen molar-refractivity contribution < 1.29 is 9.13 Å². The Morgan fingerprint density at radius 1 is 1.48 bits per heavy atom. The van der Waals surface area contributed by atoms with E-state index in [-0.39, 0.29) is 11.6 Å². The minimum Gasteiger partial charge on any atom is -0.494 e. The molecule has 0 radical (unpaired) electrons. The SMILES string of the molecule is COc1cc2c(cc1F)nc(CCl)n2CC1CCCCS1. The monoisotopic (exact) mass is 328 g/mol. The van der Waals surface area contributed by atoms with E-state index in [1.807, 2.05) is 11.8 Å². The lowest BCUT2D eigenvalue weighted by Gasteiger charge is -2.22. The van der Waals surface area contributed by atoms with Crippen LogP contribution >= 0.6 is 23.4 Å². The minimum atomic E-state index is -0.386.